The van der Waals surface area contributed by atoms with Gasteiger partial charge in [-0.2, -0.15) is 0 Å². The molecule has 0 atom stereocenters. The van der Waals surface area contributed by atoms with Crippen LogP contribution < -0.4 is 0 Å². The minimum Gasteiger partial charge on any atom is -0.455 e. The molecule has 7 nitrogen and oxygen atoms in total. The number of carbonyl (C=O) groups is 1. The van der Waals surface area contributed by atoms with Crippen LogP contribution in [0.3, 0.4) is 0 Å². The summed E-state index contributed by atoms with van der Waals surface area (Å²) in [5.74, 6) is -0.686. The first kappa shape index (κ1) is 16.8. The number of hydrogen-bond acceptors (Lipinski definition) is 6. The summed E-state index contributed by atoms with van der Waals surface area (Å²) in [7, 11) is 0. The van der Waals surface area contributed by atoms with Gasteiger partial charge in [0.05, 0.1) is 37.9 Å². The summed E-state index contributed by atoms with van der Waals surface area (Å²) in [5, 5.41) is 10.7. The zero-order valence-corrected chi connectivity index (χ0v) is 13.9. The highest BCUT2D eigenvalue weighted by Crippen LogP contribution is 2.23. The van der Waals surface area contributed by atoms with Crippen molar-refractivity contribution in [1.29, 1.82) is 0 Å². The van der Waals surface area contributed by atoms with Crippen molar-refractivity contribution in [2.45, 2.75) is 13.5 Å². The van der Waals surface area contributed by atoms with Gasteiger partial charge in [-0.25, -0.2) is 14.8 Å². The van der Waals surface area contributed by atoms with Crippen LogP contribution in [-0.4, -0.2) is 20.9 Å². The fourth-order valence-electron chi connectivity index (χ4n) is 2.26. The molecule has 0 fully saturated rings. The third-order valence-electron chi connectivity index (χ3n) is 3.57. The van der Waals surface area contributed by atoms with Crippen LogP contribution in [0.1, 0.15) is 21.7 Å². The Balaban J connectivity index is 1.78. The number of halogens is 1. The summed E-state index contributed by atoms with van der Waals surface area (Å²) >= 11 is 5.93. The Morgan fingerprint density at radius 3 is 2.52 bits per heavy atom. The van der Waals surface area contributed by atoms with E-state index in [1.807, 2.05) is 24.3 Å². The van der Waals surface area contributed by atoms with E-state index in [2.05, 4.69) is 9.97 Å². The lowest BCUT2D eigenvalue weighted by molar-refractivity contribution is -0.384. The van der Waals surface area contributed by atoms with E-state index in [-0.39, 0.29) is 22.9 Å². The fraction of sp³-hybridized carbons (Fsp3) is 0.118. The second kappa shape index (κ2) is 6.82. The minimum atomic E-state index is -0.686. The number of fused-ring (bicyclic) bond motifs is 1. The van der Waals surface area contributed by atoms with E-state index in [0.717, 1.165) is 11.6 Å². The van der Waals surface area contributed by atoms with Gasteiger partial charge in [0, 0.05) is 12.1 Å². The van der Waals surface area contributed by atoms with Crippen molar-refractivity contribution in [3.8, 4) is 0 Å². The van der Waals surface area contributed by atoms with Crippen molar-refractivity contribution in [2.24, 2.45) is 0 Å². The quantitative estimate of drug-likeness (QED) is 0.399. The van der Waals surface area contributed by atoms with Gasteiger partial charge in [0.15, 0.2) is 0 Å². The third kappa shape index (κ3) is 3.56. The van der Waals surface area contributed by atoms with Crippen molar-refractivity contribution in [2.75, 3.05) is 0 Å². The number of nitro groups is 1. The van der Waals surface area contributed by atoms with E-state index in [4.69, 9.17) is 16.3 Å². The topological polar surface area (TPSA) is 95.2 Å². The highest BCUT2D eigenvalue weighted by molar-refractivity contribution is 6.33. The number of aromatic nitrogens is 2. The maximum atomic E-state index is 12.2. The van der Waals surface area contributed by atoms with E-state index in [9.17, 15) is 14.9 Å². The van der Waals surface area contributed by atoms with Crippen molar-refractivity contribution >= 4 is 34.3 Å². The predicted molar refractivity (Wildman–Crippen MR) is 91.5 cm³/mol. The molecule has 0 saturated carbocycles. The first-order valence-corrected chi connectivity index (χ1v) is 7.67. The van der Waals surface area contributed by atoms with Crippen LogP contribution >= 0.6 is 11.6 Å². The summed E-state index contributed by atoms with van der Waals surface area (Å²) in [6.45, 7) is 1.71. The van der Waals surface area contributed by atoms with Gasteiger partial charge in [-0.15, -0.1) is 0 Å². The monoisotopic (exact) mass is 357 g/mol. The van der Waals surface area contributed by atoms with Gasteiger partial charge in [-0.05, 0) is 25.1 Å². The van der Waals surface area contributed by atoms with Crippen molar-refractivity contribution in [1.82, 2.24) is 9.97 Å². The standard InChI is InChI=1S/C17H12ClN3O4/c1-10-16(20-15-5-3-2-4-14(15)19-10)9-25-17(22)12-7-6-11(21(23)24)8-13(12)18/h2-8H,9H2,1H3. The zero-order chi connectivity index (χ0) is 18.0. The van der Waals surface area contributed by atoms with Crippen LogP contribution in [0.4, 0.5) is 5.69 Å². The van der Waals surface area contributed by atoms with Gasteiger partial charge in [0.1, 0.15) is 6.61 Å². The van der Waals surface area contributed by atoms with Crippen molar-refractivity contribution < 1.29 is 14.5 Å². The lowest BCUT2D eigenvalue weighted by Gasteiger charge is -2.08. The fourth-order valence-corrected chi connectivity index (χ4v) is 2.51. The number of aryl methyl sites for hydroxylation is 1. The Hall–Kier alpha value is -3.06. The molecule has 2 aromatic carbocycles. The number of ether oxygens (including phenoxy) is 1. The lowest BCUT2D eigenvalue weighted by Crippen LogP contribution is -2.09. The van der Waals surface area contributed by atoms with Gasteiger partial charge >= 0.3 is 5.97 Å². The molecule has 1 heterocycles. The number of rotatable bonds is 4. The molecule has 25 heavy (non-hydrogen) atoms. The molecule has 0 radical (unpaired) electrons. The van der Waals surface area contributed by atoms with E-state index in [1.165, 1.54) is 12.1 Å². The van der Waals surface area contributed by atoms with Gasteiger partial charge in [0.2, 0.25) is 0 Å². The maximum Gasteiger partial charge on any atom is 0.340 e. The maximum absolute atomic E-state index is 12.2. The van der Waals surface area contributed by atoms with Crippen LogP contribution in [0, 0.1) is 17.0 Å². The number of nitrogens with zero attached hydrogens (tertiary/aromatic N) is 3. The number of nitro benzene ring substituents is 1. The Morgan fingerprint density at radius 1 is 1.20 bits per heavy atom. The number of benzene rings is 2. The summed E-state index contributed by atoms with van der Waals surface area (Å²) in [4.78, 5) is 31.1. The van der Waals surface area contributed by atoms with Crippen LogP contribution in [-0.2, 0) is 11.3 Å². The number of carbonyl (C=O) groups excluding carboxylic acids is 1. The van der Waals surface area contributed by atoms with Crippen molar-refractivity contribution in [3.05, 3.63) is 74.6 Å². The largest absolute Gasteiger partial charge is 0.455 e. The molecular formula is C17H12ClN3O4. The number of hydrogen-bond donors (Lipinski definition) is 0. The Labute approximate surface area is 147 Å². The van der Waals surface area contributed by atoms with Gasteiger partial charge in [0.25, 0.3) is 5.69 Å². The Kier molecular flexibility index (Phi) is 4.58. The first-order valence-electron chi connectivity index (χ1n) is 7.29. The molecule has 0 bridgehead atoms. The van der Waals surface area contributed by atoms with E-state index < -0.39 is 10.9 Å². The first-order chi connectivity index (χ1) is 12.0. The molecule has 0 N–H and O–H groups in total. The van der Waals surface area contributed by atoms with Gasteiger partial charge < -0.3 is 4.74 Å². The molecule has 126 valence electrons. The molecule has 3 rings (SSSR count). The minimum absolute atomic E-state index is 0.0412. The number of para-hydroxylation sites is 2. The van der Waals surface area contributed by atoms with Crippen molar-refractivity contribution in [3.63, 3.8) is 0 Å². The molecule has 3 aromatic rings. The molecule has 0 aliphatic carbocycles. The number of non-ortho nitro benzene ring substituents is 1. The SMILES string of the molecule is Cc1nc2ccccc2nc1COC(=O)c1ccc([N+](=O)[O-])cc1Cl. The van der Waals surface area contributed by atoms with E-state index >= 15 is 0 Å². The van der Waals surface area contributed by atoms with Crippen LogP contribution in [0.25, 0.3) is 11.0 Å². The molecule has 0 aliphatic rings. The van der Waals surface area contributed by atoms with Gasteiger partial charge in [-0.3, -0.25) is 10.1 Å². The molecule has 0 saturated heterocycles. The third-order valence-corrected chi connectivity index (χ3v) is 3.88. The molecule has 8 heteroatoms. The second-order valence-electron chi connectivity index (χ2n) is 5.24. The Morgan fingerprint density at radius 2 is 1.88 bits per heavy atom. The second-order valence-corrected chi connectivity index (χ2v) is 5.65. The van der Waals surface area contributed by atoms with Crippen LogP contribution in [0.2, 0.25) is 5.02 Å². The molecule has 0 amide bonds. The summed E-state index contributed by atoms with van der Waals surface area (Å²) in [6.07, 6.45) is 0. The van der Waals surface area contributed by atoms with E-state index in [0.29, 0.717) is 16.9 Å². The highest BCUT2D eigenvalue weighted by Gasteiger charge is 2.17. The van der Waals surface area contributed by atoms with Gasteiger partial charge in [-0.1, -0.05) is 23.7 Å². The van der Waals surface area contributed by atoms with E-state index in [1.54, 1.807) is 6.92 Å². The predicted octanol–water partition coefficient (Wildman–Crippen LogP) is 3.86. The average molecular weight is 358 g/mol. The van der Waals surface area contributed by atoms with Crippen LogP contribution in [0.15, 0.2) is 42.5 Å². The Bertz CT molecular complexity index is 991. The number of esters is 1. The van der Waals surface area contributed by atoms with Crippen LogP contribution in [0.5, 0.6) is 0 Å². The molecule has 0 spiro atoms. The average Bonchev–Trinajstić information content (AvgIpc) is 2.59. The molecular weight excluding hydrogens is 346 g/mol. The lowest BCUT2D eigenvalue weighted by atomic mass is 10.2. The molecule has 1 aromatic heterocycles. The summed E-state index contributed by atoms with van der Waals surface area (Å²) in [6, 6.07) is 11.0. The molecule has 0 aliphatic heterocycles. The zero-order valence-electron chi connectivity index (χ0n) is 13.1. The smallest absolute Gasteiger partial charge is 0.340 e. The molecule has 0 unspecified atom stereocenters. The highest BCUT2D eigenvalue weighted by atomic mass is 35.5. The summed E-state index contributed by atoms with van der Waals surface area (Å²) in [5.41, 5.74) is 2.50. The normalized spacial score (nSPS) is 10.6. The summed E-state index contributed by atoms with van der Waals surface area (Å²) < 4.78 is 5.23.